The first-order valence-electron chi connectivity index (χ1n) is 6.96. The van der Waals surface area contributed by atoms with E-state index in [4.69, 9.17) is 16.3 Å². The van der Waals surface area contributed by atoms with Crippen molar-refractivity contribution in [3.63, 3.8) is 0 Å². The van der Waals surface area contributed by atoms with Crippen molar-refractivity contribution in [2.24, 2.45) is 0 Å². The first-order valence-corrected chi connectivity index (χ1v) is 7.34. The standard InChI is InChI=1S/C17H14ClNO2/c1-19-9-13-11-4-2-3-5-14(11)21-15-7-6-10(18)8-12(15)16(13)17(19)20/h2-8,13,16H,9H2,1H3/t13-,16+/m1/s1. The fraction of sp³-hybridized carbons (Fsp3) is 0.235. The fourth-order valence-electron chi connectivity index (χ4n) is 3.38. The number of para-hydroxylation sites is 1. The molecule has 1 fully saturated rings. The summed E-state index contributed by atoms with van der Waals surface area (Å²) >= 11 is 6.14. The van der Waals surface area contributed by atoms with Crippen LogP contribution in [0.2, 0.25) is 5.02 Å². The number of likely N-dealkylation sites (tertiary alicyclic amines) is 1. The molecule has 0 bridgehead atoms. The second kappa shape index (κ2) is 4.50. The normalized spacial score (nSPS) is 23.0. The molecule has 0 saturated carbocycles. The summed E-state index contributed by atoms with van der Waals surface area (Å²) < 4.78 is 6.05. The van der Waals surface area contributed by atoms with Crippen LogP contribution in [-0.2, 0) is 4.79 Å². The third-order valence-electron chi connectivity index (χ3n) is 4.36. The van der Waals surface area contributed by atoms with E-state index in [1.54, 1.807) is 11.0 Å². The van der Waals surface area contributed by atoms with Crippen LogP contribution in [0.25, 0.3) is 0 Å². The summed E-state index contributed by atoms with van der Waals surface area (Å²) in [7, 11) is 1.85. The molecule has 1 saturated heterocycles. The van der Waals surface area contributed by atoms with Gasteiger partial charge >= 0.3 is 0 Å². The van der Waals surface area contributed by atoms with Crippen LogP contribution < -0.4 is 4.74 Å². The summed E-state index contributed by atoms with van der Waals surface area (Å²) in [4.78, 5) is 14.4. The molecule has 0 spiro atoms. The van der Waals surface area contributed by atoms with Crippen molar-refractivity contribution in [2.75, 3.05) is 13.6 Å². The van der Waals surface area contributed by atoms with Crippen molar-refractivity contribution in [2.45, 2.75) is 11.8 Å². The molecule has 0 N–H and O–H groups in total. The lowest BCUT2D eigenvalue weighted by Gasteiger charge is -2.15. The maximum Gasteiger partial charge on any atom is 0.230 e. The van der Waals surface area contributed by atoms with E-state index >= 15 is 0 Å². The van der Waals surface area contributed by atoms with Gasteiger partial charge in [0.1, 0.15) is 11.5 Å². The van der Waals surface area contributed by atoms with Crippen molar-refractivity contribution in [3.8, 4) is 11.5 Å². The van der Waals surface area contributed by atoms with Gasteiger partial charge in [-0.3, -0.25) is 4.79 Å². The number of carbonyl (C=O) groups excluding carboxylic acids is 1. The van der Waals surface area contributed by atoms with Crippen LogP contribution in [-0.4, -0.2) is 24.4 Å². The first-order chi connectivity index (χ1) is 10.1. The van der Waals surface area contributed by atoms with Crippen molar-refractivity contribution >= 4 is 17.5 Å². The van der Waals surface area contributed by atoms with Gasteiger partial charge in [0, 0.05) is 35.7 Å². The van der Waals surface area contributed by atoms with E-state index in [9.17, 15) is 4.79 Å². The lowest BCUT2D eigenvalue weighted by Crippen LogP contribution is -2.21. The van der Waals surface area contributed by atoms with Crippen molar-refractivity contribution in [3.05, 3.63) is 58.6 Å². The lowest BCUT2D eigenvalue weighted by molar-refractivity contribution is -0.127. The number of likely N-dealkylation sites (N-methyl/N-ethyl adjacent to an activating group) is 1. The van der Waals surface area contributed by atoms with Gasteiger partial charge in [-0.2, -0.15) is 0 Å². The lowest BCUT2D eigenvalue weighted by atomic mass is 9.84. The highest BCUT2D eigenvalue weighted by Crippen LogP contribution is 2.50. The third kappa shape index (κ3) is 1.84. The minimum Gasteiger partial charge on any atom is -0.457 e. The molecule has 0 aromatic heterocycles. The molecule has 2 aromatic rings. The number of ether oxygens (including phenoxy) is 1. The van der Waals surface area contributed by atoms with Crippen LogP contribution >= 0.6 is 11.6 Å². The fourth-order valence-corrected chi connectivity index (χ4v) is 3.56. The Hall–Kier alpha value is -2.00. The number of carbonyl (C=O) groups is 1. The number of hydrogen-bond donors (Lipinski definition) is 0. The zero-order chi connectivity index (χ0) is 14.6. The topological polar surface area (TPSA) is 29.5 Å². The molecular weight excluding hydrogens is 286 g/mol. The number of fused-ring (bicyclic) bond motifs is 5. The smallest absolute Gasteiger partial charge is 0.230 e. The summed E-state index contributed by atoms with van der Waals surface area (Å²) in [6, 6.07) is 13.5. The van der Waals surface area contributed by atoms with Gasteiger partial charge in [-0.05, 0) is 24.3 Å². The number of halogens is 1. The highest BCUT2D eigenvalue weighted by molar-refractivity contribution is 6.30. The van der Waals surface area contributed by atoms with Crippen LogP contribution in [0.1, 0.15) is 23.0 Å². The van der Waals surface area contributed by atoms with E-state index in [1.165, 1.54) is 0 Å². The molecule has 106 valence electrons. The molecule has 2 aliphatic heterocycles. The van der Waals surface area contributed by atoms with Crippen molar-refractivity contribution in [1.29, 1.82) is 0 Å². The minimum atomic E-state index is -0.215. The Labute approximate surface area is 128 Å². The molecule has 21 heavy (non-hydrogen) atoms. The third-order valence-corrected chi connectivity index (χ3v) is 4.60. The Morgan fingerprint density at radius 2 is 1.90 bits per heavy atom. The molecule has 2 aliphatic rings. The predicted molar refractivity (Wildman–Crippen MR) is 81.1 cm³/mol. The molecule has 0 aliphatic carbocycles. The van der Waals surface area contributed by atoms with Crippen LogP contribution in [0.3, 0.4) is 0 Å². The van der Waals surface area contributed by atoms with E-state index in [2.05, 4.69) is 0 Å². The number of benzene rings is 2. The van der Waals surface area contributed by atoms with Crippen LogP contribution in [0.15, 0.2) is 42.5 Å². The van der Waals surface area contributed by atoms with Gasteiger partial charge < -0.3 is 9.64 Å². The molecule has 4 heteroatoms. The largest absolute Gasteiger partial charge is 0.457 e. The second-order valence-corrected chi connectivity index (χ2v) is 6.06. The zero-order valence-electron chi connectivity index (χ0n) is 11.5. The molecule has 2 aromatic carbocycles. The van der Waals surface area contributed by atoms with Crippen LogP contribution in [0.5, 0.6) is 11.5 Å². The van der Waals surface area contributed by atoms with Crippen LogP contribution in [0, 0.1) is 0 Å². The number of hydrogen-bond acceptors (Lipinski definition) is 2. The Balaban J connectivity index is 1.98. The summed E-state index contributed by atoms with van der Waals surface area (Å²) in [5, 5.41) is 0.629. The van der Waals surface area contributed by atoms with E-state index < -0.39 is 0 Å². The molecule has 1 amide bonds. The monoisotopic (exact) mass is 299 g/mol. The first kappa shape index (κ1) is 12.7. The summed E-state index contributed by atoms with van der Waals surface area (Å²) in [5.74, 6) is 1.58. The quantitative estimate of drug-likeness (QED) is 0.741. The minimum absolute atomic E-state index is 0.110. The van der Waals surface area contributed by atoms with Gasteiger partial charge in [0.15, 0.2) is 0 Å². The molecule has 3 nitrogen and oxygen atoms in total. The van der Waals surface area contributed by atoms with E-state index in [1.807, 2.05) is 43.4 Å². The van der Waals surface area contributed by atoms with Gasteiger partial charge in [0.05, 0.1) is 5.92 Å². The number of nitrogens with zero attached hydrogens (tertiary/aromatic N) is 1. The molecule has 0 unspecified atom stereocenters. The van der Waals surface area contributed by atoms with Gasteiger partial charge in [0.2, 0.25) is 5.91 Å². The molecular formula is C17H14ClNO2. The zero-order valence-corrected chi connectivity index (χ0v) is 12.3. The average Bonchev–Trinajstić information content (AvgIpc) is 2.70. The molecule has 4 rings (SSSR count). The summed E-state index contributed by atoms with van der Waals surface area (Å²) in [6.45, 7) is 0.704. The second-order valence-electron chi connectivity index (χ2n) is 5.62. The highest BCUT2D eigenvalue weighted by atomic mass is 35.5. The van der Waals surface area contributed by atoms with E-state index in [0.717, 1.165) is 22.6 Å². The Morgan fingerprint density at radius 3 is 2.76 bits per heavy atom. The van der Waals surface area contributed by atoms with Crippen molar-refractivity contribution < 1.29 is 9.53 Å². The molecule has 2 atom stereocenters. The molecule has 0 radical (unpaired) electrons. The Morgan fingerprint density at radius 1 is 1.14 bits per heavy atom. The average molecular weight is 300 g/mol. The SMILES string of the molecule is CN1C[C@@H]2c3ccccc3Oc3ccc(Cl)cc3[C@@H]2C1=O. The summed E-state index contributed by atoms with van der Waals surface area (Å²) in [5.41, 5.74) is 1.98. The Kier molecular flexibility index (Phi) is 2.73. The van der Waals surface area contributed by atoms with Gasteiger partial charge in [-0.25, -0.2) is 0 Å². The summed E-state index contributed by atoms with van der Waals surface area (Å²) in [6.07, 6.45) is 0. The van der Waals surface area contributed by atoms with Gasteiger partial charge in [0.25, 0.3) is 0 Å². The Bertz CT molecular complexity index is 743. The molecule has 2 heterocycles. The predicted octanol–water partition coefficient (Wildman–Crippen LogP) is 3.79. The highest BCUT2D eigenvalue weighted by Gasteiger charge is 2.44. The van der Waals surface area contributed by atoms with Crippen molar-refractivity contribution in [1.82, 2.24) is 4.90 Å². The van der Waals surface area contributed by atoms with E-state index in [0.29, 0.717) is 11.6 Å². The maximum absolute atomic E-state index is 12.6. The number of rotatable bonds is 0. The van der Waals surface area contributed by atoms with Gasteiger partial charge in [-0.1, -0.05) is 29.8 Å². The number of amides is 1. The van der Waals surface area contributed by atoms with Crippen LogP contribution in [0.4, 0.5) is 0 Å². The maximum atomic E-state index is 12.6. The van der Waals surface area contributed by atoms with Gasteiger partial charge in [-0.15, -0.1) is 0 Å². The van der Waals surface area contributed by atoms with E-state index in [-0.39, 0.29) is 17.7 Å².